The average molecular weight is 409 g/mol. The predicted molar refractivity (Wildman–Crippen MR) is 108 cm³/mol. The first-order valence-electron chi connectivity index (χ1n) is 8.99. The standard InChI is InChI=1S/C18H24N4O3S2/c1-4-5-13-10-14(26-12(13)3)16(23)20-21-17(24)15-11(2)19-18(27-15)22-6-8-25-9-7-22/h10H,4-9H2,1-3H3,(H,20,23)(H,21,24). The summed E-state index contributed by atoms with van der Waals surface area (Å²) in [4.78, 5) is 33.7. The van der Waals surface area contributed by atoms with E-state index in [4.69, 9.17) is 4.74 Å². The van der Waals surface area contributed by atoms with Crippen molar-refractivity contribution in [2.45, 2.75) is 33.6 Å². The fraction of sp³-hybridized carbons (Fsp3) is 0.500. The van der Waals surface area contributed by atoms with E-state index in [2.05, 4.69) is 27.7 Å². The van der Waals surface area contributed by atoms with Crippen LogP contribution >= 0.6 is 22.7 Å². The highest BCUT2D eigenvalue weighted by molar-refractivity contribution is 7.17. The SMILES string of the molecule is CCCc1cc(C(=O)NNC(=O)c2sc(N3CCOCC3)nc2C)sc1C. The first kappa shape index (κ1) is 19.8. The minimum Gasteiger partial charge on any atom is -0.378 e. The molecule has 1 aliphatic heterocycles. The molecule has 1 saturated heterocycles. The van der Waals surface area contributed by atoms with Crippen LogP contribution in [0.1, 0.15) is 48.8 Å². The van der Waals surface area contributed by atoms with Crippen LogP contribution in [-0.4, -0.2) is 43.1 Å². The lowest BCUT2D eigenvalue weighted by atomic mass is 10.1. The minimum absolute atomic E-state index is 0.297. The number of carbonyl (C=O) groups is 2. The van der Waals surface area contributed by atoms with Crippen LogP contribution in [0.4, 0.5) is 5.13 Å². The number of aryl methyl sites for hydroxylation is 3. The van der Waals surface area contributed by atoms with Crippen molar-refractivity contribution in [3.63, 3.8) is 0 Å². The summed E-state index contributed by atoms with van der Waals surface area (Å²) in [5.74, 6) is -0.644. The molecular weight excluding hydrogens is 384 g/mol. The van der Waals surface area contributed by atoms with Crippen molar-refractivity contribution in [1.82, 2.24) is 15.8 Å². The van der Waals surface area contributed by atoms with Crippen LogP contribution in [0.5, 0.6) is 0 Å². The fourth-order valence-electron chi connectivity index (χ4n) is 2.86. The molecule has 146 valence electrons. The van der Waals surface area contributed by atoms with Crippen molar-refractivity contribution in [3.8, 4) is 0 Å². The van der Waals surface area contributed by atoms with Gasteiger partial charge < -0.3 is 9.64 Å². The number of amides is 2. The molecule has 0 unspecified atom stereocenters. The molecule has 0 bridgehead atoms. The molecule has 7 nitrogen and oxygen atoms in total. The van der Waals surface area contributed by atoms with Gasteiger partial charge in [-0.15, -0.1) is 11.3 Å². The number of aromatic nitrogens is 1. The normalized spacial score (nSPS) is 14.3. The first-order chi connectivity index (χ1) is 13.0. The minimum atomic E-state index is -0.347. The van der Waals surface area contributed by atoms with Crippen LogP contribution in [0.25, 0.3) is 0 Å². The zero-order chi connectivity index (χ0) is 19.4. The molecule has 0 saturated carbocycles. The Morgan fingerprint density at radius 3 is 2.59 bits per heavy atom. The van der Waals surface area contributed by atoms with Crippen LogP contribution in [0.2, 0.25) is 0 Å². The van der Waals surface area contributed by atoms with Crippen LogP contribution < -0.4 is 15.8 Å². The van der Waals surface area contributed by atoms with Crippen molar-refractivity contribution in [2.75, 3.05) is 31.2 Å². The third kappa shape index (κ3) is 4.66. The summed E-state index contributed by atoms with van der Waals surface area (Å²) < 4.78 is 5.35. The molecule has 2 aromatic rings. The van der Waals surface area contributed by atoms with E-state index >= 15 is 0 Å². The summed E-state index contributed by atoms with van der Waals surface area (Å²) in [5.41, 5.74) is 6.87. The number of thiazole rings is 1. The number of hydrazine groups is 1. The van der Waals surface area contributed by atoms with Crippen molar-refractivity contribution in [2.24, 2.45) is 0 Å². The second kappa shape index (κ2) is 8.81. The van der Waals surface area contributed by atoms with E-state index in [1.165, 1.54) is 28.2 Å². The molecule has 3 rings (SSSR count). The summed E-state index contributed by atoms with van der Waals surface area (Å²) in [6.45, 7) is 8.79. The number of anilines is 1. The van der Waals surface area contributed by atoms with E-state index in [1.54, 1.807) is 6.92 Å². The molecule has 2 amide bonds. The van der Waals surface area contributed by atoms with Gasteiger partial charge in [-0.3, -0.25) is 20.4 Å². The molecule has 9 heteroatoms. The Balaban J connectivity index is 1.61. The van der Waals surface area contributed by atoms with Gasteiger partial charge in [0.25, 0.3) is 11.8 Å². The molecule has 0 aromatic carbocycles. The third-order valence-corrected chi connectivity index (χ3v) is 6.63. The molecular formula is C18H24N4O3S2. The second-order valence-electron chi connectivity index (χ2n) is 6.36. The molecule has 2 N–H and O–H groups in total. The van der Waals surface area contributed by atoms with Crippen LogP contribution in [0, 0.1) is 13.8 Å². The van der Waals surface area contributed by atoms with E-state index in [0.717, 1.165) is 35.9 Å². The van der Waals surface area contributed by atoms with E-state index in [0.29, 0.717) is 28.7 Å². The van der Waals surface area contributed by atoms with E-state index in [1.807, 2.05) is 13.0 Å². The number of thiophene rings is 1. The van der Waals surface area contributed by atoms with Gasteiger partial charge in [-0.05, 0) is 31.9 Å². The van der Waals surface area contributed by atoms with Gasteiger partial charge in [-0.2, -0.15) is 0 Å². The maximum Gasteiger partial charge on any atom is 0.281 e. The number of rotatable bonds is 5. The molecule has 1 fully saturated rings. The van der Waals surface area contributed by atoms with Crippen LogP contribution in [-0.2, 0) is 11.2 Å². The van der Waals surface area contributed by atoms with Gasteiger partial charge >= 0.3 is 0 Å². The van der Waals surface area contributed by atoms with Crippen molar-refractivity contribution < 1.29 is 14.3 Å². The maximum absolute atomic E-state index is 12.5. The van der Waals surface area contributed by atoms with Gasteiger partial charge in [0.2, 0.25) is 0 Å². The highest BCUT2D eigenvalue weighted by Crippen LogP contribution is 2.26. The number of ether oxygens (including phenoxy) is 1. The molecule has 0 spiro atoms. The van der Waals surface area contributed by atoms with Crippen LogP contribution in [0.3, 0.4) is 0 Å². The zero-order valence-electron chi connectivity index (χ0n) is 15.8. The summed E-state index contributed by atoms with van der Waals surface area (Å²) in [6, 6.07) is 1.90. The summed E-state index contributed by atoms with van der Waals surface area (Å²) in [7, 11) is 0. The Morgan fingerprint density at radius 2 is 1.89 bits per heavy atom. The molecule has 1 aliphatic rings. The number of hydrogen-bond donors (Lipinski definition) is 2. The Labute approximate surface area is 166 Å². The lowest BCUT2D eigenvalue weighted by Crippen LogP contribution is -2.41. The van der Waals surface area contributed by atoms with E-state index < -0.39 is 0 Å². The van der Waals surface area contributed by atoms with E-state index in [-0.39, 0.29) is 11.8 Å². The fourth-order valence-corrected chi connectivity index (χ4v) is 4.84. The molecule has 0 aliphatic carbocycles. The quantitative estimate of drug-likeness (QED) is 0.743. The van der Waals surface area contributed by atoms with Gasteiger partial charge in [0, 0.05) is 18.0 Å². The monoisotopic (exact) mass is 408 g/mol. The molecule has 3 heterocycles. The number of hydrogen-bond acceptors (Lipinski definition) is 7. The molecule has 0 atom stereocenters. The Hall–Kier alpha value is -1.97. The summed E-state index contributed by atoms with van der Waals surface area (Å²) >= 11 is 2.78. The number of morpholine rings is 1. The highest BCUT2D eigenvalue weighted by atomic mass is 32.1. The average Bonchev–Trinajstić information content (AvgIpc) is 3.24. The highest BCUT2D eigenvalue weighted by Gasteiger charge is 2.21. The summed E-state index contributed by atoms with van der Waals surface area (Å²) in [5, 5.41) is 0.811. The predicted octanol–water partition coefficient (Wildman–Crippen LogP) is 2.69. The Morgan fingerprint density at radius 1 is 1.19 bits per heavy atom. The lowest BCUT2D eigenvalue weighted by molar-refractivity contribution is 0.0850. The maximum atomic E-state index is 12.5. The Bertz CT molecular complexity index is 825. The first-order valence-corrected chi connectivity index (χ1v) is 10.6. The second-order valence-corrected chi connectivity index (χ2v) is 8.59. The molecule has 0 radical (unpaired) electrons. The zero-order valence-corrected chi connectivity index (χ0v) is 17.4. The number of carbonyl (C=O) groups excluding carboxylic acids is 2. The number of nitrogens with zero attached hydrogens (tertiary/aromatic N) is 2. The Kier molecular flexibility index (Phi) is 6.46. The number of nitrogens with one attached hydrogen (secondary N) is 2. The van der Waals surface area contributed by atoms with Crippen molar-refractivity contribution >= 4 is 39.6 Å². The third-order valence-electron chi connectivity index (χ3n) is 4.33. The molecule has 27 heavy (non-hydrogen) atoms. The van der Waals surface area contributed by atoms with E-state index in [9.17, 15) is 9.59 Å². The van der Waals surface area contributed by atoms with Crippen LogP contribution in [0.15, 0.2) is 6.07 Å². The lowest BCUT2D eigenvalue weighted by Gasteiger charge is -2.25. The smallest absolute Gasteiger partial charge is 0.281 e. The van der Waals surface area contributed by atoms with Gasteiger partial charge in [0.15, 0.2) is 5.13 Å². The van der Waals surface area contributed by atoms with Crippen molar-refractivity contribution in [3.05, 3.63) is 32.0 Å². The van der Waals surface area contributed by atoms with Gasteiger partial charge in [0.05, 0.1) is 23.8 Å². The summed E-state index contributed by atoms with van der Waals surface area (Å²) in [6.07, 6.45) is 1.98. The van der Waals surface area contributed by atoms with Gasteiger partial charge in [-0.25, -0.2) is 4.98 Å². The largest absolute Gasteiger partial charge is 0.378 e. The topological polar surface area (TPSA) is 83.6 Å². The molecule has 2 aromatic heterocycles. The van der Waals surface area contributed by atoms with Crippen molar-refractivity contribution in [1.29, 1.82) is 0 Å². The van der Waals surface area contributed by atoms with Gasteiger partial charge in [0.1, 0.15) is 4.88 Å². The van der Waals surface area contributed by atoms with Gasteiger partial charge in [-0.1, -0.05) is 24.7 Å².